The average Bonchev–Trinajstić information content (AvgIpc) is 2.46. The lowest BCUT2D eigenvalue weighted by atomic mass is 10.1. The zero-order valence-corrected chi connectivity index (χ0v) is 12.0. The Labute approximate surface area is 123 Å². The van der Waals surface area contributed by atoms with Gasteiger partial charge in [0.2, 0.25) is 0 Å². The van der Waals surface area contributed by atoms with Gasteiger partial charge in [0.15, 0.2) is 0 Å². The van der Waals surface area contributed by atoms with Crippen LogP contribution in [0.4, 0.5) is 8.78 Å². The highest BCUT2D eigenvalue weighted by Gasteiger charge is 2.08. The molecule has 4 heteroatoms. The number of aryl methyl sites for hydroxylation is 2. The molecule has 1 N–H and O–H groups in total. The molecule has 2 nitrogen and oxygen atoms in total. The number of nitrogens with one attached hydrogen (secondary N) is 1. The second-order valence-electron chi connectivity index (χ2n) is 5.04. The smallest absolute Gasteiger partial charge is 0.145 e. The second-order valence-corrected chi connectivity index (χ2v) is 5.04. The van der Waals surface area contributed by atoms with Crippen molar-refractivity contribution in [3.05, 3.63) is 69.8 Å². The first-order valence-corrected chi connectivity index (χ1v) is 6.66. The first-order valence-electron chi connectivity index (χ1n) is 6.66. The molecule has 0 aromatic heterocycles. The Bertz CT molecular complexity index is 679. The molecular weight excluding hydrogens is 270 g/mol. The van der Waals surface area contributed by atoms with Crippen LogP contribution < -0.4 is 5.32 Å². The zero-order chi connectivity index (χ0) is 15.4. The van der Waals surface area contributed by atoms with Crippen LogP contribution in [0.1, 0.15) is 27.8 Å². The first-order chi connectivity index (χ1) is 10.0. The predicted octanol–water partition coefficient (Wildman–Crippen LogP) is 3.74. The van der Waals surface area contributed by atoms with Gasteiger partial charge in [0, 0.05) is 18.7 Å². The molecule has 21 heavy (non-hydrogen) atoms. The standard InChI is InChI=1S/C17H16F2N2/c1-11-6-13(7-12(2)16(11)18)9-21-10-15-5-3-4-14(8-20)17(15)19/h3-7,21H,9-10H2,1-2H3. The zero-order valence-electron chi connectivity index (χ0n) is 12.0. The van der Waals surface area contributed by atoms with Crippen molar-refractivity contribution in [1.29, 1.82) is 5.26 Å². The van der Waals surface area contributed by atoms with Crippen molar-refractivity contribution in [2.24, 2.45) is 0 Å². The fourth-order valence-electron chi connectivity index (χ4n) is 2.28. The van der Waals surface area contributed by atoms with Crippen molar-refractivity contribution in [3.63, 3.8) is 0 Å². The molecule has 108 valence electrons. The topological polar surface area (TPSA) is 35.8 Å². The van der Waals surface area contributed by atoms with Gasteiger partial charge >= 0.3 is 0 Å². The van der Waals surface area contributed by atoms with Gasteiger partial charge in [-0.1, -0.05) is 24.3 Å². The summed E-state index contributed by atoms with van der Waals surface area (Å²) in [6, 6.07) is 10.1. The van der Waals surface area contributed by atoms with Gasteiger partial charge in [-0.2, -0.15) is 5.26 Å². The molecule has 2 rings (SSSR count). The maximum atomic E-state index is 13.9. The number of rotatable bonds is 4. The molecule has 0 heterocycles. The molecule has 2 aromatic rings. The Morgan fingerprint density at radius 1 is 1.05 bits per heavy atom. The minimum atomic E-state index is -0.487. The van der Waals surface area contributed by atoms with E-state index in [0.29, 0.717) is 29.8 Å². The summed E-state index contributed by atoms with van der Waals surface area (Å²) < 4.78 is 27.4. The third-order valence-corrected chi connectivity index (χ3v) is 3.34. The highest BCUT2D eigenvalue weighted by atomic mass is 19.1. The van der Waals surface area contributed by atoms with Gasteiger partial charge in [-0.05, 0) is 36.6 Å². The maximum Gasteiger partial charge on any atom is 0.145 e. The molecule has 0 unspecified atom stereocenters. The van der Waals surface area contributed by atoms with Gasteiger partial charge in [-0.3, -0.25) is 0 Å². The molecule has 0 aliphatic heterocycles. The number of hydrogen-bond acceptors (Lipinski definition) is 2. The number of halogens is 2. The molecule has 0 saturated heterocycles. The summed E-state index contributed by atoms with van der Waals surface area (Å²) in [6.45, 7) is 4.28. The van der Waals surface area contributed by atoms with Gasteiger partial charge in [-0.15, -0.1) is 0 Å². The Kier molecular flexibility index (Phi) is 4.66. The lowest BCUT2D eigenvalue weighted by molar-refractivity contribution is 0.583. The molecule has 0 atom stereocenters. The van der Waals surface area contributed by atoms with E-state index in [1.54, 1.807) is 38.1 Å². The summed E-state index contributed by atoms with van der Waals surface area (Å²) in [4.78, 5) is 0. The lowest BCUT2D eigenvalue weighted by Gasteiger charge is -2.09. The number of hydrogen-bond donors (Lipinski definition) is 1. The third kappa shape index (κ3) is 3.45. The van der Waals surface area contributed by atoms with Gasteiger partial charge in [0.05, 0.1) is 5.56 Å². The lowest BCUT2D eigenvalue weighted by Crippen LogP contribution is -2.14. The van der Waals surface area contributed by atoms with Crippen molar-refractivity contribution in [2.75, 3.05) is 0 Å². The Morgan fingerprint density at radius 2 is 1.71 bits per heavy atom. The van der Waals surface area contributed by atoms with Crippen LogP contribution in [0, 0.1) is 36.8 Å². The van der Waals surface area contributed by atoms with Crippen LogP contribution in [0.25, 0.3) is 0 Å². The minimum absolute atomic E-state index is 0.0442. The average molecular weight is 286 g/mol. The fourth-order valence-corrected chi connectivity index (χ4v) is 2.28. The van der Waals surface area contributed by atoms with E-state index in [1.807, 2.05) is 6.07 Å². The summed E-state index contributed by atoms with van der Waals surface area (Å²) >= 11 is 0. The molecule has 0 spiro atoms. The fraction of sp³-hybridized carbons (Fsp3) is 0.235. The molecular formula is C17H16F2N2. The summed E-state index contributed by atoms with van der Waals surface area (Å²) in [5.74, 6) is -0.675. The van der Waals surface area contributed by atoms with E-state index in [0.717, 1.165) is 5.56 Å². The number of nitriles is 1. The predicted molar refractivity (Wildman–Crippen MR) is 77.5 cm³/mol. The molecule has 2 aromatic carbocycles. The van der Waals surface area contributed by atoms with Crippen LogP contribution in [0.5, 0.6) is 0 Å². The van der Waals surface area contributed by atoms with E-state index < -0.39 is 5.82 Å². The molecule has 0 aliphatic carbocycles. The van der Waals surface area contributed by atoms with E-state index in [9.17, 15) is 8.78 Å². The van der Waals surface area contributed by atoms with Gasteiger partial charge in [0.1, 0.15) is 17.7 Å². The van der Waals surface area contributed by atoms with Gasteiger partial charge < -0.3 is 5.32 Å². The highest BCUT2D eigenvalue weighted by molar-refractivity contribution is 5.35. The van der Waals surface area contributed by atoms with Crippen molar-refractivity contribution < 1.29 is 8.78 Å². The largest absolute Gasteiger partial charge is 0.309 e. The Hall–Kier alpha value is -2.25. The summed E-state index contributed by atoms with van der Waals surface area (Å²) in [5, 5.41) is 11.9. The van der Waals surface area contributed by atoms with Crippen molar-refractivity contribution >= 4 is 0 Å². The maximum absolute atomic E-state index is 13.9. The number of benzene rings is 2. The number of nitrogens with zero attached hydrogens (tertiary/aromatic N) is 1. The van der Waals surface area contributed by atoms with E-state index in [2.05, 4.69) is 5.32 Å². The van der Waals surface area contributed by atoms with Crippen LogP contribution in [-0.2, 0) is 13.1 Å². The van der Waals surface area contributed by atoms with Gasteiger partial charge in [-0.25, -0.2) is 8.78 Å². The van der Waals surface area contributed by atoms with E-state index in [1.165, 1.54) is 6.07 Å². The Balaban J connectivity index is 2.04. The van der Waals surface area contributed by atoms with E-state index in [4.69, 9.17) is 5.26 Å². The third-order valence-electron chi connectivity index (χ3n) is 3.34. The minimum Gasteiger partial charge on any atom is -0.309 e. The van der Waals surface area contributed by atoms with Crippen LogP contribution in [0.2, 0.25) is 0 Å². The molecule has 0 aliphatic rings. The molecule has 0 fully saturated rings. The summed E-state index contributed by atoms with van der Waals surface area (Å²) in [7, 11) is 0. The monoisotopic (exact) mass is 286 g/mol. The SMILES string of the molecule is Cc1cc(CNCc2cccc(C#N)c2F)cc(C)c1F. The van der Waals surface area contributed by atoms with Crippen molar-refractivity contribution in [3.8, 4) is 6.07 Å². The molecule has 0 radical (unpaired) electrons. The van der Waals surface area contributed by atoms with E-state index in [-0.39, 0.29) is 11.4 Å². The van der Waals surface area contributed by atoms with E-state index >= 15 is 0 Å². The van der Waals surface area contributed by atoms with Crippen LogP contribution in [-0.4, -0.2) is 0 Å². The molecule has 0 saturated carbocycles. The molecule has 0 amide bonds. The quantitative estimate of drug-likeness (QED) is 0.929. The summed E-state index contributed by atoms with van der Waals surface area (Å²) in [5.41, 5.74) is 2.64. The first kappa shape index (κ1) is 15.1. The second kappa shape index (κ2) is 6.47. The van der Waals surface area contributed by atoms with Gasteiger partial charge in [0.25, 0.3) is 0 Å². The van der Waals surface area contributed by atoms with Crippen LogP contribution >= 0.6 is 0 Å². The van der Waals surface area contributed by atoms with Crippen LogP contribution in [0.3, 0.4) is 0 Å². The highest BCUT2D eigenvalue weighted by Crippen LogP contribution is 2.15. The normalized spacial score (nSPS) is 10.4. The van der Waals surface area contributed by atoms with Crippen molar-refractivity contribution in [2.45, 2.75) is 26.9 Å². The summed E-state index contributed by atoms with van der Waals surface area (Å²) in [6.07, 6.45) is 0. The Morgan fingerprint density at radius 3 is 2.33 bits per heavy atom. The van der Waals surface area contributed by atoms with Crippen molar-refractivity contribution in [1.82, 2.24) is 5.32 Å². The van der Waals surface area contributed by atoms with Crippen LogP contribution in [0.15, 0.2) is 30.3 Å². The molecule has 0 bridgehead atoms.